The van der Waals surface area contributed by atoms with Gasteiger partial charge in [0.2, 0.25) is 0 Å². The number of hydrogen-bond donors (Lipinski definition) is 2. The summed E-state index contributed by atoms with van der Waals surface area (Å²) in [5.41, 5.74) is 0.0189. The van der Waals surface area contributed by atoms with Gasteiger partial charge in [-0.05, 0) is 82.1 Å². The summed E-state index contributed by atoms with van der Waals surface area (Å²) in [6.07, 6.45) is 14.3. The van der Waals surface area contributed by atoms with E-state index in [4.69, 9.17) is 16.1 Å². The van der Waals surface area contributed by atoms with Crippen LogP contribution in [-0.2, 0) is 0 Å². The molecule has 4 aromatic rings. The molecule has 3 fully saturated rings. The minimum atomic E-state index is -0.746. The molecule has 2 aliphatic heterocycles. The molecule has 2 aromatic heterocycles. The number of hydrogen-bond acceptors (Lipinski definition) is 8. The smallest absolute Gasteiger partial charge is 0.319 e. The third-order valence-electron chi connectivity index (χ3n) is 10.2. The van der Waals surface area contributed by atoms with E-state index in [2.05, 4.69) is 27.8 Å². The van der Waals surface area contributed by atoms with Gasteiger partial charge in [-0.15, -0.1) is 6.42 Å². The number of nitrogens with zero attached hydrogens (tertiary/aromatic N) is 5. The van der Waals surface area contributed by atoms with Gasteiger partial charge in [-0.3, -0.25) is 4.98 Å². The van der Waals surface area contributed by atoms with Gasteiger partial charge < -0.3 is 24.7 Å². The third kappa shape index (κ3) is 5.22. The van der Waals surface area contributed by atoms with Gasteiger partial charge in [0.1, 0.15) is 28.6 Å². The molecule has 0 bridgehead atoms. The van der Waals surface area contributed by atoms with Crippen molar-refractivity contribution in [2.24, 2.45) is 5.41 Å². The van der Waals surface area contributed by atoms with Gasteiger partial charge in [-0.1, -0.05) is 18.4 Å². The summed E-state index contributed by atoms with van der Waals surface area (Å²) in [4.78, 5) is 18.4. The fraction of sp³-hybridized carbons (Fsp3) is 0.457. The number of halogens is 2. The predicted octanol–water partition coefficient (Wildman–Crippen LogP) is 5.80. The highest BCUT2D eigenvalue weighted by Crippen LogP contribution is 2.47. The van der Waals surface area contributed by atoms with E-state index in [1.54, 1.807) is 0 Å². The van der Waals surface area contributed by atoms with Crippen LogP contribution in [0.15, 0.2) is 30.5 Å². The molecule has 2 saturated heterocycles. The number of phenolic OH excluding ortho intramolecular Hbond substituents is 1. The average Bonchev–Trinajstić information content (AvgIpc) is 3.35. The van der Waals surface area contributed by atoms with Gasteiger partial charge in [0.15, 0.2) is 5.82 Å². The van der Waals surface area contributed by atoms with Crippen molar-refractivity contribution in [3.05, 3.63) is 47.7 Å². The van der Waals surface area contributed by atoms with E-state index in [0.717, 1.165) is 45.1 Å². The quantitative estimate of drug-likeness (QED) is 0.273. The van der Waals surface area contributed by atoms with Crippen LogP contribution in [0, 0.1) is 29.4 Å². The maximum atomic E-state index is 16.8. The van der Waals surface area contributed by atoms with Gasteiger partial charge in [0.05, 0.1) is 23.7 Å². The number of ether oxygens (including phenoxy) is 1. The first-order valence-corrected chi connectivity index (χ1v) is 15.8. The second kappa shape index (κ2) is 11.7. The molecule has 4 heterocycles. The minimum Gasteiger partial charge on any atom is -0.508 e. The van der Waals surface area contributed by atoms with Gasteiger partial charge in [0, 0.05) is 41.7 Å². The molecule has 0 amide bonds. The fourth-order valence-corrected chi connectivity index (χ4v) is 7.94. The highest BCUT2D eigenvalue weighted by Gasteiger charge is 2.47. The Morgan fingerprint density at radius 3 is 2.76 bits per heavy atom. The Morgan fingerprint density at radius 2 is 1.91 bits per heavy atom. The standard InChI is InChI=1S/C35H37F2N5O3/c1-3-24-27(36)10-9-21-17-23(44)18-25(29(21)24)31-30(37)32-26(19-38-31)33(42-15-5-7-22(43)11-16-42)40-34(39-32)45-20-35-12-4-8-28(35)41(2)14-6-13-35/h1,9-10,17-19,22,28,43-44H,4-8,11-16,20H2,2H3/t22?,28-,35-/m1/s1. The van der Waals surface area contributed by atoms with Crippen molar-refractivity contribution < 1.29 is 23.7 Å². The van der Waals surface area contributed by atoms with Crippen molar-refractivity contribution in [3.63, 3.8) is 0 Å². The molecule has 1 unspecified atom stereocenters. The summed E-state index contributed by atoms with van der Waals surface area (Å²) in [7, 11) is 2.18. The first-order chi connectivity index (χ1) is 21.8. The maximum Gasteiger partial charge on any atom is 0.319 e. The first kappa shape index (κ1) is 29.6. The molecule has 0 spiro atoms. The molecule has 10 heteroatoms. The number of anilines is 1. The molecule has 3 aliphatic rings. The Balaban J connectivity index is 1.37. The van der Waals surface area contributed by atoms with Gasteiger partial charge >= 0.3 is 6.01 Å². The monoisotopic (exact) mass is 613 g/mol. The zero-order chi connectivity index (χ0) is 31.3. The summed E-state index contributed by atoms with van der Waals surface area (Å²) < 4.78 is 38.0. The Labute approximate surface area is 261 Å². The van der Waals surface area contributed by atoms with Crippen LogP contribution in [0.4, 0.5) is 14.6 Å². The minimum absolute atomic E-state index is 0.00365. The van der Waals surface area contributed by atoms with E-state index in [1.165, 1.54) is 30.5 Å². The molecule has 2 N–H and O–H groups in total. The molecule has 8 nitrogen and oxygen atoms in total. The summed E-state index contributed by atoms with van der Waals surface area (Å²) in [5.74, 6) is 1.38. The lowest BCUT2D eigenvalue weighted by atomic mass is 9.76. The Hall–Kier alpha value is -4.07. The molecule has 234 valence electrons. The van der Waals surface area contributed by atoms with Gasteiger partial charge in [-0.25, -0.2) is 8.78 Å². The maximum absolute atomic E-state index is 16.8. The zero-order valence-electron chi connectivity index (χ0n) is 25.4. The molecule has 3 atom stereocenters. The number of likely N-dealkylation sites (tertiary alicyclic amines) is 1. The number of aliphatic hydroxyl groups excluding tert-OH is 1. The van der Waals surface area contributed by atoms with Crippen LogP contribution < -0.4 is 9.64 Å². The van der Waals surface area contributed by atoms with Crippen LogP contribution >= 0.6 is 0 Å². The summed E-state index contributed by atoms with van der Waals surface area (Å²) in [5, 5.41) is 22.0. The third-order valence-corrected chi connectivity index (χ3v) is 10.2. The lowest BCUT2D eigenvalue weighted by Crippen LogP contribution is -2.50. The SMILES string of the molecule is C#Cc1c(F)ccc2cc(O)cc(-c3ncc4c(N5CCCC(O)CC5)nc(OC[C@]56CCC[C@H]5N(C)CCC6)nc4c3F)c12. The second-order valence-electron chi connectivity index (χ2n) is 12.9. The topological polar surface area (TPSA) is 94.8 Å². The molecule has 1 aliphatic carbocycles. The van der Waals surface area contributed by atoms with E-state index >= 15 is 4.39 Å². The highest BCUT2D eigenvalue weighted by molar-refractivity contribution is 6.03. The van der Waals surface area contributed by atoms with Crippen LogP contribution in [0.5, 0.6) is 11.8 Å². The van der Waals surface area contributed by atoms with E-state index in [1.807, 2.05) is 4.90 Å². The van der Waals surface area contributed by atoms with Crippen molar-refractivity contribution in [2.75, 3.05) is 38.2 Å². The number of terminal acetylenes is 1. The molecule has 1 saturated carbocycles. The average molecular weight is 614 g/mol. The molecular formula is C35H37F2N5O3. The van der Waals surface area contributed by atoms with E-state index in [9.17, 15) is 14.6 Å². The van der Waals surface area contributed by atoms with Gasteiger partial charge in [0.25, 0.3) is 0 Å². The van der Waals surface area contributed by atoms with Crippen LogP contribution in [0.3, 0.4) is 0 Å². The summed E-state index contributed by atoms with van der Waals surface area (Å²) >= 11 is 0. The number of benzene rings is 2. The van der Waals surface area contributed by atoms with Crippen LogP contribution in [0.1, 0.15) is 56.9 Å². The lowest BCUT2D eigenvalue weighted by Gasteiger charge is -2.44. The normalized spacial score (nSPS) is 24.0. The predicted molar refractivity (Wildman–Crippen MR) is 169 cm³/mol. The summed E-state index contributed by atoms with van der Waals surface area (Å²) in [6.45, 7) is 2.67. The van der Waals surface area contributed by atoms with E-state index in [-0.39, 0.29) is 44.9 Å². The number of fused-ring (bicyclic) bond motifs is 3. The number of rotatable bonds is 5. The number of phenols is 1. The number of aromatic hydroxyl groups is 1. The Kier molecular flexibility index (Phi) is 7.70. The molecule has 45 heavy (non-hydrogen) atoms. The van der Waals surface area contributed by atoms with Crippen molar-refractivity contribution in [2.45, 2.75) is 63.5 Å². The van der Waals surface area contributed by atoms with Crippen molar-refractivity contribution in [1.82, 2.24) is 19.9 Å². The molecule has 0 radical (unpaired) electrons. The van der Waals surface area contributed by atoms with E-state index in [0.29, 0.717) is 55.2 Å². The number of aromatic nitrogens is 3. The second-order valence-corrected chi connectivity index (χ2v) is 12.9. The lowest BCUT2D eigenvalue weighted by molar-refractivity contribution is 0.0133. The fourth-order valence-electron chi connectivity index (χ4n) is 7.94. The highest BCUT2D eigenvalue weighted by atomic mass is 19.1. The zero-order valence-corrected chi connectivity index (χ0v) is 25.4. The van der Waals surface area contributed by atoms with Crippen molar-refractivity contribution in [1.29, 1.82) is 0 Å². The molecule has 2 aromatic carbocycles. The summed E-state index contributed by atoms with van der Waals surface area (Å²) in [6, 6.07) is 6.03. The number of pyridine rings is 1. The first-order valence-electron chi connectivity index (χ1n) is 15.8. The molecular weight excluding hydrogens is 576 g/mol. The Bertz CT molecular complexity index is 1830. The van der Waals surface area contributed by atoms with Crippen molar-refractivity contribution in [3.8, 4) is 35.4 Å². The largest absolute Gasteiger partial charge is 0.508 e. The number of aliphatic hydroxyl groups is 1. The molecule has 7 rings (SSSR count). The van der Waals surface area contributed by atoms with Gasteiger partial charge in [-0.2, -0.15) is 9.97 Å². The van der Waals surface area contributed by atoms with E-state index < -0.39 is 17.7 Å². The van der Waals surface area contributed by atoms with Crippen molar-refractivity contribution >= 4 is 27.5 Å². The van der Waals surface area contributed by atoms with Crippen LogP contribution in [-0.4, -0.2) is 75.5 Å². The van der Waals surface area contributed by atoms with Crippen LogP contribution in [0.25, 0.3) is 32.9 Å². The number of piperidine rings is 1. The van der Waals surface area contributed by atoms with Crippen LogP contribution in [0.2, 0.25) is 0 Å². The Morgan fingerprint density at radius 1 is 1.07 bits per heavy atom.